The van der Waals surface area contributed by atoms with Crippen LogP contribution in [0.3, 0.4) is 0 Å². The molecular weight excluding hydrogens is 1500 g/mol. The molecule has 1 aromatic carbocycles. The first kappa shape index (κ1) is 91.3. The van der Waals surface area contributed by atoms with Crippen molar-refractivity contribution in [1.82, 2.24) is 68.7 Å². The average Bonchev–Trinajstić information content (AvgIpc) is 1.52. The molecule has 12 amide bonds. The molecule has 32 nitrogen and oxygen atoms in total. The molecule has 0 radical (unpaired) electrons. The largest absolute Gasteiger partial charge is 0.481 e. The number of nitrogens with one attached hydrogen (secondary N) is 12. The van der Waals surface area contributed by atoms with Crippen LogP contribution in [0.25, 0.3) is 0 Å². The van der Waals surface area contributed by atoms with Gasteiger partial charge in [-0.2, -0.15) is 23.5 Å². The number of hydrogen-bond donors (Lipinski definition) is 18. The zero-order valence-corrected chi connectivity index (χ0v) is 68.6. The number of aliphatic hydroxyl groups excluding tert-OH is 4. The van der Waals surface area contributed by atoms with Gasteiger partial charge in [-0.05, 0) is 187 Å². The number of nitrogens with zero attached hydrogens (tertiary/aromatic N) is 1. The van der Waals surface area contributed by atoms with Crippen LogP contribution in [0, 0.1) is 46.3 Å². The van der Waals surface area contributed by atoms with Crippen molar-refractivity contribution >= 4 is 100 Å². The van der Waals surface area contributed by atoms with Gasteiger partial charge in [0, 0.05) is 42.4 Å². The molecule has 3 aliphatic carbocycles. The molecule has 632 valence electrons. The van der Waals surface area contributed by atoms with E-state index in [1.54, 1.807) is 34.6 Å². The molecule has 6 fully saturated rings. The summed E-state index contributed by atoms with van der Waals surface area (Å²) in [6.45, 7) is 16.6. The Kier molecular flexibility index (Phi) is 34.0. The number of thioether (sulfide) groups is 2. The summed E-state index contributed by atoms with van der Waals surface area (Å²) in [5, 5.41) is 87.9. The van der Waals surface area contributed by atoms with Gasteiger partial charge in [0.05, 0.1) is 30.6 Å². The highest BCUT2D eigenvalue weighted by molar-refractivity contribution is 7.98. The lowest BCUT2D eigenvalue weighted by Gasteiger charge is -2.37. The van der Waals surface area contributed by atoms with Crippen LogP contribution in [0.4, 0.5) is 0 Å². The van der Waals surface area contributed by atoms with Gasteiger partial charge in [-0.15, -0.1) is 0 Å². The molecule has 34 heteroatoms. The first-order valence-corrected chi connectivity index (χ1v) is 43.1. The van der Waals surface area contributed by atoms with E-state index < -0.39 is 197 Å². The number of hydrogen-bond acceptors (Lipinski definition) is 21. The Bertz CT molecular complexity index is 3500. The summed E-state index contributed by atoms with van der Waals surface area (Å²) in [7, 11) is 0. The summed E-state index contributed by atoms with van der Waals surface area (Å²) in [5.41, 5.74) is 6.25. The number of carboxylic acid groups (broad SMARTS) is 1. The second-order valence-electron chi connectivity index (χ2n) is 34.1. The summed E-state index contributed by atoms with van der Waals surface area (Å²) in [6, 6.07) is -8.05. The van der Waals surface area contributed by atoms with E-state index >= 15 is 19.2 Å². The summed E-state index contributed by atoms with van der Waals surface area (Å²) in [5.74, 6) is -11.2. The highest BCUT2D eigenvalue weighted by Gasteiger charge is 2.70. The quantitative estimate of drug-likeness (QED) is 0.107. The number of amides is 12. The molecule has 3 saturated carbocycles. The lowest BCUT2D eigenvalue weighted by molar-refractivity contribution is -0.145. The van der Waals surface area contributed by atoms with Crippen molar-refractivity contribution in [3.63, 3.8) is 0 Å². The zero-order chi connectivity index (χ0) is 82.8. The fourth-order valence-corrected chi connectivity index (χ4v) is 19.1. The normalized spacial score (nSPS) is 33.7. The highest BCUT2D eigenvalue weighted by atomic mass is 32.2. The summed E-state index contributed by atoms with van der Waals surface area (Å²) < 4.78 is 0. The van der Waals surface area contributed by atoms with E-state index in [4.69, 9.17) is 5.73 Å². The molecule has 4 heterocycles. The van der Waals surface area contributed by atoms with Crippen molar-refractivity contribution in [3.8, 4) is 0 Å². The van der Waals surface area contributed by atoms with Gasteiger partial charge in [0.25, 0.3) is 0 Å². The van der Waals surface area contributed by atoms with Crippen LogP contribution < -0.4 is 69.5 Å². The molecule has 2 bridgehead atoms. The van der Waals surface area contributed by atoms with Crippen molar-refractivity contribution in [2.75, 3.05) is 31.1 Å². The Morgan fingerprint density at radius 3 is 1.62 bits per heavy atom. The predicted molar refractivity (Wildman–Crippen MR) is 423 cm³/mol. The maximum atomic E-state index is 15.5. The Balaban J connectivity index is 1.12. The van der Waals surface area contributed by atoms with Gasteiger partial charge >= 0.3 is 5.97 Å². The monoisotopic (exact) mass is 1620 g/mol. The van der Waals surface area contributed by atoms with Crippen molar-refractivity contribution < 1.29 is 87.9 Å². The molecule has 7 aliphatic rings. The fourth-order valence-electron chi connectivity index (χ4n) is 17.1. The topological polar surface area (TPSA) is 497 Å². The fraction of sp³-hybridized carbons (Fsp3) is 0.759. The average molecular weight is 1620 g/mol. The van der Waals surface area contributed by atoms with Crippen molar-refractivity contribution in [1.29, 1.82) is 0 Å². The molecule has 3 saturated heterocycles. The first-order valence-electron chi connectivity index (χ1n) is 40.7. The minimum Gasteiger partial charge on any atom is -0.481 e. The van der Waals surface area contributed by atoms with Crippen LogP contribution in [0.2, 0.25) is 0 Å². The van der Waals surface area contributed by atoms with Gasteiger partial charge in [-0.3, -0.25) is 62.3 Å². The molecule has 1 aromatic rings. The third-order valence-corrected chi connectivity index (χ3v) is 26.0. The van der Waals surface area contributed by atoms with E-state index in [0.717, 1.165) is 30.5 Å². The summed E-state index contributed by atoms with van der Waals surface area (Å²) in [4.78, 5) is 189. The highest BCUT2D eigenvalue weighted by Crippen LogP contribution is 2.65. The molecule has 19 N–H and O–H groups in total. The number of piperidine rings is 2. The molecule has 8 rings (SSSR count). The number of fused-ring (bicyclic) bond motifs is 6. The Hall–Kier alpha value is -7.21. The molecule has 113 heavy (non-hydrogen) atoms. The number of rotatable bonds is 16. The van der Waals surface area contributed by atoms with E-state index in [1.807, 2.05) is 38.1 Å². The van der Waals surface area contributed by atoms with E-state index in [9.17, 15) is 68.7 Å². The van der Waals surface area contributed by atoms with Gasteiger partial charge < -0.3 is 100.0 Å². The second-order valence-corrected chi connectivity index (χ2v) is 36.3. The summed E-state index contributed by atoms with van der Waals surface area (Å²) in [6.07, 6.45) is 0.280. The molecule has 0 aromatic heterocycles. The van der Waals surface area contributed by atoms with Crippen molar-refractivity contribution in [2.24, 2.45) is 52.1 Å². The van der Waals surface area contributed by atoms with Gasteiger partial charge in [0.15, 0.2) is 0 Å². The van der Waals surface area contributed by atoms with E-state index in [0.29, 0.717) is 81.6 Å². The number of carboxylic acids is 1. The minimum atomic E-state index is -1.73. The number of aliphatic carboxylic acids is 1. The molecule has 4 aliphatic heterocycles. The summed E-state index contributed by atoms with van der Waals surface area (Å²) >= 11 is 2.75. The van der Waals surface area contributed by atoms with Gasteiger partial charge in [-0.25, -0.2) is 0 Å². The number of carbonyl (C=O) groups excluding carboxylic acids is 12. The van der Waals surface area contributed by atoms with Gasteiger partial charge in [0.1, 0.15) is 66.5 Å². The van der Waals surface area contributed by atoms with Crippen LogP contribution in [0.5, 0.6) is 0 Å². The zero-order valence-electron chi connectivity index (χ0n) is 67.0. The van der Waals surface area contributed by atoms with Crippen LogP contribution >= 0.6 is 23.5 Å². The SMILES string of the molecule is CCC[C@@H]1NC(=O)[C@H](CC2CNC3NCCCC23)NC(=O)[C@H]([C@@H](C)O)NC(=O)[C@@H]2[C@@H]3[C@H](CN2C(=O)[C@H](CC2CCC(O)CC2)NC(=O)[C@H](C(C)(C)C)NC(=O)CCSCc2cccc(c2)CSC[C@@H](C(N)=O)NC(=O)[C@H]([C@@H](C)O)NC(=O)[C@H](CCC)NC(=O)[C@H](CC2CCC(O)CC2)NC(=O)[C@H](CCC(=O)O)NC1=O)C3(C)C. The van der Waals surface area contributed by atoms with E-state index in [1.165, 1.54) is 42.3 Å². The smallest absolute Gasteiger partial charge is 0.303 e. The van der Waals surface area contributed by atoms with Crippen LogP contribution in [0.15, 0.2) is 24.3 Å². The standard InChI is InChI=1S/C79H126N14O18S2/c1-10-14-52-68(102)85-54(27-28-60(99)100)69(103)86-55(33-43-19-23-48(96)24-20-43)71(105)84-53(15-11-2)70(104)91-62(41(3)94)74(108)89-58(66(80)101)40-113-39-46-17-12-16-45(32-46)38-112-31-29-59(98)90-65(78(5,6)7)76(110)88-57(34-44-21-25-49(97)26-22-44)77(111)93-37-51-61(79(51,8)9)64(93)75(109)92-63(42(4)95)73(107)87-56(72(106)83-52)35-47-36-82-67-50(47)18-13-30-81-67/h12,16-17,32,41-44,47-58,61-65,67,81-82,94-97H,10-11,13-15,18-31,33-40H2,1-9H3,(H2,80,101)(H,83,106)(H,84,105)(H,85,102)(H,86,103)(H,87,107)(H,88,110)(H,89,108)(H,90,98)(H,91,104)(H,92,109)(H,99,100)/t41-,42-,43?,44?,47?,48?,49?,50?,51+,52+,53+,54+,55+,56+,57+,58+,61+,62+,63+,64+,65-,67?/m1/s1. The Morgan fingerprint density at radius 1 is 0.593 bits per heavy atom. The third kappa shape index (κ3) is 25.9. The maximum absolute atomic E-state index is 15.5. The lowest BCUT2D eigenvalue weighted by atomic mass is 9.82. The van der Waals surface area contributed by atoms with Crippen LogP contribution in [-0.4, -0.2) is 235 Å². The van der Waals surface area contributed by atoms with E-state index in [2.05, 4.69) is 63.8 Å². The minimum absolute atomic E-state index is 0.000536. The van der Waals surface area contributed by atoms with Gasteiger partial charge in [0.2, 0.25) is 70.9 Å². The number of nitrogens with two attached hydrogens (primary N) is 1. The maximum Gasteiger partial charge on any atom is 0.303 e. The molecular formula is C79H126N14O18S2. The Labute approximate surface area is 671 Å². The van der Waals surface area contributed by atoms with Gasteiger partial charge in [-0.1, -0.05) is 85.6 Å². The lowest BCUT2D eigenvalue weighted by Crippen LogP contribution is -2.63. The third-order valence-electron chi connectivity index (χ3n) is 23.9. The number of aliphatic hydroxyl groups is 4. The predicted octanol–water partition coefficient (Wildman–Crippen LogP) is 0.463. The van der Waals surface area contributed by atoms with Crippen molar-refractivity contribution in [3.05, 3.63) is 35.4 Å². The number of carbonyl (C=O) groups is 13. The second kappa shape index (κ2) is 42.1. The van der Waals surface area contributed by atoms with Crippen LogP contribution in [-0.2, 0) is 73.8 Å². The van der Waals surface area contributed by atoms with Crippen LogP contribution in [0.1, 0.15) is 202 Å². The van der Waals surface area contributed by atoms with E-state index in [-0.39, 0.29) is 93.0 Å². The molecule has 18 atom stereocenters. The number of primary amides is 1. The molecule has 3 unspecified atom stereocenters. The Morgan fingerprint density at radius 2 is 1.08 bits per heavy atom. The first-order chi connectivity index (χ1) is 53.5. The number of benzene rings is 1. The van der Waals surface area contributed by atoms with Crippen molar-refractivity contribution in [2.45, 2.75) is 299 Å². The molecule has 0 spiro atoms.